The van der Waals surface area contributed by atoms with Crippen molar-refractivity contribution in [1.29, 1.82) is 0 Å². The maximum atomic E-state index is 10.8. The first-order valence-electron chi connectivity index (χ1n) is 6.87. The number of aryl methyl sites for hydroxylation is 2. The van der Waals surface area contributed by atoms with Gasteiger partial charge in [0, 0.05) is 6.42 Å². The summed E-state index contributed by atoms with van der Waals surface area (Å²) in [4.78, 5) is 10.8. The number of rotatable bonds is 6. The van der Waals surface area contributed by atoms with Crippen LogP contribution in [-0.4, -0.2) is 31.6 Å². The van der Waals surface area contributed by atoms with Crippen LogP contribution in [0.25, 0.3) is 0 Å². The molecule has 0 saturated heterocycles. The van der Waals surface area contributed by atoms with Gasteiger partial charge in [-0.2, -0.15) is 0 Å². The Labute approximate surface area is 128 Å². The second-order valence-corrected chi connectivity index (χ2v) is 5.83. The second kappa shape index (κ2) is 6.76. The maximum Gasteiger partial charge on any atom is 0.313 e. The largest absolute Gasteiger partial charge is 0.481 e. The molecule has 1 heterocycles. The Balaban J connectivity index is 2.33. The lowest BCUT2D eigenvalue weighted by molar-refractivity contribution is -0.133. The Bertz CT molecular complexity index is 622. The molecule has 1 atom stereocenters. The zero-order valence-corrected chi connectivity index (χ0v) is 13.2. The summed E-state index contributed by atoms with van der Waals surface area (Å²) in [6.45, 7) is 6.16. The number of nitrogens with zero attached hydrogens (tertiary/aromatic N) is 3. The number of carboxylic acids is 1. The van der Waals surface area contributed by atoms with Gasteiger partial charge in [0.05, 0.1) is 11.8 Å². The summed E-state index contributed by atoms with van der Waals surface area (Å²) in [5.41, 5.74) is 2.37. The normalized spacial score (nSPS) is 12.3. The minimum absolute atomic E-state index is 0.0114. The van der Waals surface area contributed by atoms with Gasteiger partial charge >= 0.3 is 5.97 Å². The number of hydrogen-bond donors (Lipinski definition) is 1. The van der Waals surface area contributed by atoms with E-state index in [1.807, 2.05) is 11.5 Å². The third-order valence-corrected chi connectivity index (χ3v) is 4.25. The van der Waals surface area contributed by atoms with Crippen LogP contribution in [0.15, 0.2) is 29.4 Å². The molecule has 6 heteroatoms. The fourth-order valence-electron chi connectivity index (χ4n) is 2.16. The smallest absolute Gasteiger partial charge is 0.313 e. The molecule has 0 amide bonds. The van der Waals surface area contributed by atoms with Crippen molar-refractivity contribution in [2.24, 2.45) is 0 Å². The van der Waals surface area contributed by atoms with Gasteiger partial charge in [-0.25, -0.2) is 0 Å². The number of aromatic nitrogens is 3. The van der Waals surface area contributed by atoms with Crippen molar-refractivity contribution >= 4 is 17.7 Å². The molecule has 0 fully saturated rings. The van der Waals surface area contributed by atoms with Gasteiger partial charge in [-0.05, 0) is 19.4 Å². The molecule has 0 aliphatic rings. The minimum atomic E-state index is -0.851. The summed E-state index contributed by atoms with van der Waals surface area (Å²) in [6, 6.07) is 8.40. The third-order valence-electron chi connectivity index (χ3n) is 3.32. The lowest BCUT2D eigenvalue weighted by Gasteiger charge is -2.18. The number of thioether (sulfide) groups is 1. The monoisotopic (exact) mass is 305 g/mol. The lowest BCUT2D eigenvalue weighted by atomic mass is 10.1. The molecule has 2 aromatic rings. The first kappa shape index (κ1) is 15.6. The predicted octanol–water partition coefficient (Wildman–Crippen LogP) is 2.93. The van der Waals surface area contributed by atoms with Crippen LogP contribution in [0.2, 0.25) is 0 Å². The number of carboxylic acid groups (broad SMARTS) is 1. The van der Waals surface area contributed by atoms with Crippen molar-refractivity contribution in [3.8, 4) is 0 Å². The zero-order chi connectivity index (χ0) is 15.4. The van der Waals surface area contributed by atoms with E-state index >= 15 is 0 Å². The van der Waals surface area contributed by atoms with E-state index in [-0.39, 0.29) is 11.8 Å². The van der Waals surface area contributed by atoms with E-state index in [9.17, 15) is 4.79 Å². The third kappa shape index (κ3) is 3.64. The molecule has 1 aromatic carbocycles. The molecule has 0 radical (unpaired) electrons. The van der Waals surface area contributed by atoms with Crippen molar-refractivity contribution in [3.63, 3.8) is 0 Å². The lowest BCUT2D eigenvalue weighted by Crippen LogP contribution is -2.12. The predicted molar refractivity (Wildman–Crippen MR) is 82.8 cm³/mol. The average Bonchev–Trinajstić information content (AvgIpc) is 2.88. The number of aliphatic carboxylic acids is 1. The Morgan fingerprint density at radius 2 is 2.00 bits per heavy atom. The number of carbonyl (C=O) groups is 1. The molecular formula is C15H19N3O2S. The molecule has 0 aliphatic carbocycles. The Kier molecular flexibility index (Phi) is 5.01. The topological polar surface area (TPSA) is 68.0 Å². The molecule has 5 nitrogen and oxygen atoms in total. The molecule has 2 rings (SSSR count). The summed E-state index contributed by atoms with van der Waals surface area (Å²) >= 11 is 1.21. The van der Waals surface area contributed by atoms with Gasteiger partial charge < -0.3 is 5.11 Å². The summed E-state index contributed by atoms with van der Waals surface area (Å²) in [5.74, 6) is 0.00851. The van der Waals surface area contributed by atoms with Crippen LogP contribution >= 0.6 is 11.8 Å². The van der Waals surface area contributed by atoms with Crippen LogP contribution < -0.4 is 0 Å². The molecule has 0 aliphatic heterocycles. The fourth-order valence-corrected chi connectivity index (χ4v) is 2.91. The van der Waals surface area contributed by atoms with Gasteiger partial charge in [0.1, 0.15) is 5.82 Å². The summed E-state index contributed by atoms with van der Waals surface area (Å²) in [7, 11) is 0. The summed E-state index contributed by atoms with van der Waals surface area (Å²) < 4.78 is 2.03. The highest BCUT2D eigenvalue weighted by molar-refractivity contribution is 7.99. The van der Waals surface area contributed by atoms with Crippen LogP contribution in [0.5, 0.6) is 0 Å². The summed E-state index contributed by atoms with van der Waals surface area (Å²) in [5, 5.41) is 17.8. The fraction of sp³-hybridized carbons (Fsp3) is 0.400. The highest BCUT2D eigenvalue weighted by Gasteiger charge is 2.18. The molecule has 1 aromatic heterocycles. The van der Waals surface area contributed by atoms with Gasteiger partial charge in [-0.3, -0.25) is 9.36 Å². The minimum Gasteiger partial charge on any atom is -0.481 e. The first-order valence-corrected chi connectivity index (χ1v) is 7.86. The molecule has 1 unspecified atom stereocenters. The van der Waals surface area contributed by atoms with Crippen molar-refractivity contribution in [2.75, 3.05) is 5.75 Å². The number of benzene rings is 1. The molecule has 0 bridgehead atoms. The SMILES string of the molecule is CCc1nnc(SCC(=O)O)n1C(C)c1ccc(C)cc1. The van der Waals surface area contributed by atoms with E-state index < -0.39 is 5.97 Å². The molecular weight excluding hydrogens is 286 g/mol. The van der Waals surface area contributed by atoms with Gasteiger partial charge in [0.25, 0.3) is 0 Å². The van der Waals surface area contributed by atoms with E-state index in [0.717, 1.165) is 17.8 Å². The van der Waals surface area contributed by atoms with Gasteiger partial charge in [-0.1, -0.05) is 48.5 Å². The molecule has 0 saturated carbocycles. The van der Waals surface area contributed by atoms with Crippen LogP contribution in [0.4, 0.5) is 0 Å². The zero-order valence-electron chi connectivity index (χ0n) is 12.4. The van der Waals surface area contributed by atoms with Crippen LogP contribution in [-0.2, 0) is 11.2 Å². The van der Waals surface area contributed by atoms with Crippen LogP contribution in [0.3, 0.4) is 0 Å². The van der Waals surface area contributed by atoms with E-state index in [1.54, 1.807) is 0 Å². The van der Waals surface area contributed by atoms with E-state index in [2.05, 4.69) is 48.3 Å². The molecule has 112 valence electrons. The van der Waals surface area contributed by atoms with E-state index in [4.69, 9.17) is 5.11 Å². The van der Waals surface area contributed by atoms with Crippen molar-refractivity contribution in [3.05, 3.63) is 41.2 Å². The quantitative estimate of drug-likeness (QED) is 0.831. The van der Waals surface area contributed by atoms with Crippen LogP contribution in [0.1, 0.15) is 36.8 Å². The Morgan fingerprint density at radius 3 is 2.57 bits per heavy atom. The van der Waals surface area contributed by atoms with Crippen molar-refractivity contribution < 1.29 is 9.90 Å². The number of hydrogen-bond acceptors (Lipinski definition) is 4. The summed E-state index contributed by atoms with van der Waals surface area (Å²) in [6.07, 6.45) is 0.761. The average molecular weight is 305 g/mol. The molecule has 0 spiro atoms. The van der Waals surface area contributed by atoms with E-state index in [1.165, 1.54) is 17.3 Å². The second-order valence-electron chi connectivity index (χ2n) is 4.89. The van der Waals surface area contributed by atoms with Crippen molar-refractivity contribution in [2.45, 2.75) is 38.4 Å². The van der Waals surface area contributed by atoms with Gasteiger partial charge in [0.2, 0.25) is 0 Å². The maximum absolute atomic E-state index is 10.8. The molecule has 1 N–H and O–H groups in total. The Morgan fingerprint density at radius 1 is 1.33 bits per heavy atom. The molecule has 21 heavy (non-hydrogen) atoms. The standard InChI is InChI=1S/C15H19N3O2S/c1-4-13-16-17-15(21-9-14(19)20)18(13)11(3)12-7-5-10(2)6-8-12/h5-8,11H,4,9H2,1-3H3,(H,19,20). The first-order chi connectivity index (χ1) is 10.0. The van der Waals surface area contributed by atoms with Gasteiger partial charge in [-0.15, -0.1) is 10.2 Å². The Hall–Kier alpha value is -1.82. The van der Waals surface area contributed by atoms with Crippen molar-refractivity contribution in [1.82, 2.24) is 14.8 Å². The van der Waals surface area contributed by atoms with E-state index in [0.29, 0.717) is 5.16 Å². The van der Waals surface area contributed by atoms with Gasteiger partial charge in [0.15, 0.2) is 5.16 Å². The van der Waals surface area contributed by atoms with Crippen LogP contribution in [0, 0.1) is 6.92 Å². The highest BCUT2D eigenvalue weighted by atomic mass is 32.2. The highest BCUT2D eigenvalue weighted by Crippen LogP contribution is 2.26.